The molecular weight excluding hydrogens is 290 g/mol. The number of carbonyl (C=O) groups is 2. The Morgan fingerprint density at radius 1 is 1.43 bits per heavy atom. The van der Waals surface area contributed by atoms with E-state index in [4.69, 9.17) is 4.74 Å². The molecule has 1 aliphatic rings. The van der Waals surface area contributed by atoms with Crippen molar-refractivity contribution in [1.29, 1.82) is 0 Å². The number of amides is 1. The highest BCUT2D eigenvalue weighted by atomic mass is 32.2. The molecule has 2 N–H and O–H groups in total. The van der Waals surface area contributed by atoms with Crippen LogP contribution in [-0.2, 0) is 14.3 Å². The third-order valence-electron chi connectivity index (χ3n) is 3.62. The lowest BCUT2D eigenvalue weighted by atomic mass is 9.85. The summed E-state index contributed by atoms with van der Waals surface area (Å²) in [6.07, 6.45) is 0.353. The molecule has 2 atom stereocenters. The molecule has 0 bridgehead atoms. The molecule has 1 aromatic carbocycles. The number of carbonyl (C=O) groups excluding carboxylic acids is 1. The van der Waals surface area contributed by atoms with Crippen molar-refractivity contribution in [3.05, 3.63) is 30.3 Å². The SMILES string of the molecule is CC1(C(=O)O)COCC1NC(=O)CCSc1ccccc1. The van der Waals surface area contributed by atoms with Gasteiger partial charge < -0.3 is 15.2 Å². The highest BCUT2D eigenvalue weighted by Crippen LogP contribution is 2.28. The fourth-order valence-corrected chi connectivity index (χ4v) is 3.00. The van der Waals surface area contributed by atoms with Crippen LogP contribution in [-0.4, -0.2) is 42.0 Å². The maximum absolute atomic E-state index is 11.9. The number of ether oxygens (including phenoxy) is 1. The molecule has 1 heterocycles. The first-order valence-corrected chi connectivity index (χ1v) is 7.79. The summed E-state index contributed by atoms with van der Waals surface area (Å²) in [7, 11) is 0. The zero-order valence-corrected chi connectivity index (χ0v) is 12.7. The number of hydrogen-bond donors (Lipinski definition) is 2. The fraction of sp³-hybridized carbons (Fsp3) is 0.467. The van der Waals surface area contributed by atoms with Crippen molar-refractivity contribution in [1.82, 2.24) is 5.32 Å². The Hall–Kier alpha value is -1.53. The second-order valence-electron chi connectivity index (χ2n) is 5.27. The second kappa shape index (κ2) is 6.95. The molecule has 1 saturated heterocycles. The van der Waals surface area contributed by atoms with Gasteiger partial charge in [-0.3, -0.25) is 9.59 Å². The maximum atomic E-state index is 11.9. The summed E-state index contributed by atoms with van der Waals surface area (Å²) in [5.41, 5.74) is -1.04. The van der Waals surface area contributed by atoms with E-state index in [1.165, 1.54) is 0 Å². The average Bonchev–Trinajstić information content (AvgIpc) is 2.83. The van der Waals surface area contributed by atoms with Crippen molar-refractivity contribution in [3.8, 4) is 0 Å². The standard InChI is InChI=1S/C15H19NO4S/c1-15(14(18)19)10-20-9-12(15)16-13(17)7-8-21-11-5-3-2-4-6-11/h2-6,12H,7-10H2,1H3,(H,16,17)(H,18,19). The molecule has 114 valence electrons. The minimum Gasteiger partial charge on any atom is -0.481 e. The van der Waals surface area contributed by atoms with Crippen LogP contribution in [0.5, 0.6) is 0 Å². The molecule has 6 heteroatoms. The van der Waals surface area contributed by atoms with Gasteiger partial charge in [0.2, 0.25) is 5.91 Å². The predicted molar refractivity (Wildman–Crippen MR) is 80.3 cm³/mol. The number of carboxylic acids is 1. The molecule has 2 rings (SSSR count). The van der Waals surface area contributed by atoms with E-state index in [1.54, 1.807) is 18.7 Å². The Balaban J connectivity index is 1.78. The summed E-state index contributed by atoms with van der Waals surface area (Å²) in [5.74, 6) is -0.418. The molecule has 0 aromatic heterocycles. The van der Waals surface area contributed by atoms with Crippen molar-refractivity contribution >= 4 is 23.6 Å². The fourth-order valence-electron chi connectivity index (χ4n) is 2.13. The van der Waals surface area contributed by atoms with Gasteiger partial charge >= 0.3 is 5.97 Å². The summed E-state index contributed by atoms with van der Waals surface area (Å²) in [5, 5.41) is 12.0. The van der Waals surface area contributed by atoms with E-state index in [9.17, 15) is 14.7 Å². The average molecular weight is 309 g/mol. The molecule has 1 fully saturated rings. The number of rotatable bonds is 6. The van der Waals surface area contributed by atoms with Gasteiger partial charge in [0.1, 0.15) is 5.41 Å². The van der Waals surface area contributed by atoms with E-state index in [2.05, 4.69) is 5.32 Å². The minimum atomic E-state index is -1.04. The van der Waals surface area contributed by atoms with Crippen LogP contribution in [0.15, 0.2) is 35.2 Å². The van der Waals surface area contributed by atoms with Gasteiger partial charge in [0.05, 0.1) is 19.3 Å². The normalized spacial score (nSPS) is 24.7. The van der Waals surface area contributed by atoms with Crippen LogP contribution in [0.2, 0.25) is 0 Å². The lowest BCUT2D eigenvalue weighted by molar-refractivity contribution is -0.149. The van der Waals surface area contributed by atoms with E-state index < -0.39 is 17.4 Å². The van der Waals surface area contributed by atoms with Crippen LogP contribution in [0.25, 0.3) is 0 Å². The van der Waals surface area contributed by atoms with Crippen LogP contribution in [0, 0.1) is 5.41 Å². The first-order valence-electron chi connectivity index (χ1n) is 6.81. The van der Waals surface area contributed by atoms with Gasteiger partial charge in [-0.25, -0.2) is 0 Å². The Morgan fingerprint density at radius 3 is 2.81 bits per heavy atom. The Morgan fingerprint density at radius 2 is 2.14 bits per heavy atom. The molecule has 1 aromatic rings. The summed E-state index contributed by atoms with van der Waals surface area (Å²) >= 11 is 1.60. The van der Waals surface area contributed by atoms with Gasteiger partial charge in [0.15, 0.2) is 0 Å². The van der Waals surface area contributed by atoms with Gasteiger partial charge in [-0.15, -0.1) is 11.8 Å². The van der Waals surface area contributed by atoms with Gasteiger partial charge in [-0.1, -0.05) is 18.2 Å². The first kappa shape index (κ1) is 15.9. The number of carboxylic acid groups (broad SMARTS) is 1. The Bertz CT molecular complexity index is 508. The van der Waals surface area contributed by atoms with E-state index >= 15 is 0 Å². The highest BCUT2D eigenvalue weighted by Gasteiger charge is 2.47. The topological polar surface area (TPSA) is 75.6 Å². The zero-order chi connectivity index (χ0) is 15.3. The zero-order valence-electron chi connectivity index (χ0n) is 11.9. The molecule has 0 spiro atoms. The Labute approximate surface area is 128 Å². The largest absolute Gasteiger partial charge is 0.481 e. The molecule has 0 aliphatic carbocycles. The van der Waals surface area contributed by atoms with Crippen LogP contribution in [0.3, 0.4) is 0 Å². The maximum Gasteiger partial charge on any atom is 0.313 e. The molecule has 0 saturated carbocycles. The van der Waals surface area contributed by atoms with Gasteiger partial charge in [0.25, 0.3) is 0 Å². The summed E-state index contributed by atoms with van der Waals surface area (Å²) in [4.78, 5) is 24.3. The van der Waals surface area contributed by atoms with Crippen LogP contribution >= 0.6 is 11.8 Å². The first-order chi connectivity index (χ1) is 10.0. The Kier molecular flexibility index (Phi) is 5.25. The van der Waals surface area contributed by atoms with Gasteiger partial charge in [-0.05, 0) is 19.1 Å². The number of benzene rings is 1. The van der Waals surface area contributed by atoms with Crippen molar-refractivity contribution in [2.75, 3.05) is 19.0 Å². The number of hydrogen-bond acceptors (Lipinski definition) is 4. The third-order valence-corrected chi connectivity index (χ3v) is 4.63. The van der Waals surface area contributed by atoms with Crippen molar-refractivity contribution in [3.63, 3.8) is 0 Å². The van der Waals surface area contributed by atoms with Gasteiger partial charge in [-0.2, -0.15) is 0 Å². The lowest BCUT2D eigenvalue weighted by Crippen LogP contribution is -2.49. The van der Waals surface area contributed by atoms with Crippen molar-refractivity contribution in [2.45, 2.75) is 24.3 Å². The lowest BCUT2D eigenvalue weighted by Gasteiger charge is -2.25. The van der Waals surface area contributed by atoms with Crippen LogP contribution in [0.4, 0.5) is 0 Å². The van der Waals surface area contributed by atoms with Gasteiger partial charge in [0, 0.05) is 17.1 Å². The minimum absolute atomic E-state index is 0.131. The number of thioether (sulfide) groups is 1. The molecule has 2 unspecified atom stereocenters. The molecule has 21 heavy (non-hydrogen) atoms. The summed E-state index contributed by atoms with van der Waals surface area (Å²) in [6, 6.07) is 9.38. The number of nitrogens with one attached hydrogen (secondary N) is 1. The quantitative estimate of drug-likeness (QED) is 0.783. The monoisotopic (exact) mass is 309 g/mol. The molecule has 1 amide bonds. The smallest absolute Gasteiger partial charge is 0.313 e. The van der Waals surface area contributed by atoms with Crippen LogP contribution < -0.4 is 5.32 Å². The van der Waals surface area contributed by atoms with E-state index in [0.717, 1.165) is 4.90 Å². The molecule has 5 nitrogen and oxygen atoms in total. The predicted octanol–water partition coefficient (Wildman–Crippen LogP) is 1.77. The van der Waals surface area contributed by atoms with Crippen molar-refractivity contribution < 1.29 is 19.4 Å². The third kappa shape index (κ3) is 3.98. The molecule has 0 radical (unpaired) electrons. The van der Waals surface area contributed by atoms with E-state index in [-0.39, 0.29) is 19.1 Å². The summed E-state index contributed by atoms with van der Waals surface area (Å²) in [6.45, 7) is 1.98. The second-order valence-corrected chi connectivity index (χ2v) is 6.44. The molecule has 1 aliphatic heterocycles. The van der Waals surface area contributed by atoms with E-state index in [0.29, 0.717) is 12.2 Å². The summed E-state index contributed by atoms with van der Waals surface area (Å²) < 4.78 is 5.21. The molecular formula is C15H19NO4S. The van der Waals surface area contributed by atoms with Crippen molar-refractivity contribution in [2.24, 2.45) is 5.41 Å². The number of aliphatic carboxylic acids is 1. The van der Waals surface area contributed by atoms with E-state index in [1.807, 2.05) is 30.3 Å². The highest BCUT2D eigenvalue weighted by molar-refractivity contribution is 7.99. The van der Waals surface area contributed by atoms with Crippen LogP contribution in [0.1, 0.15) is 13.3 Å².